The Kier molecular flexibility index (Phi) is 5.69. The van der Waals surface area contributed by atoms with E-state index in [0.717, 1.165) is 36.9 Å². The lowest BCUT2D eigenvalue weighted by molar-refractivity contribution is -0.127. The van der Waals surface area contributed by atoms with E-state index in [1.54, 1.807) is 18.5 Å². The van der Waals surface area contributed by atoms with Gasteiger partial charge in [-0.05, 0) is 43.9 Å². The Labute approximate surface area is 164 Å². The fraction of sp³-hybridized carbons (Fsp3) is 0.524. The highest BCUT2D eigenvalue weighted by Gasteiger charge is 2.29. The number of nitrogens with zero attached hydrogens (tertiary/aromatic N) is 3. The number of pyridine rings is 1. The standard InChI is InChI=1S/C21H27N5O2/c27-20(23-17-4-2-1-3-5-17)16-8-12-26(13-9-16)21(28)19-14-18(24-25-19)15-6-10-22-11-7-15/h6-7,10-11,14,16-17H,1-5,8-9,12-13H2,(H,23,27)(H,24,25). The third-order valence-electron chi connectivity index (χ3n) is 5.89. The van der Waals surface area contributed by atoms with Gasteiger partial charge >= 0.3 is 0 Å². The summed E-state index contributed by atoms with van der Waals surface area (Å²) < 4.78 is 0. The van der Waals surface area contributed by atoms with Crippen molar-refractivity contribution in [1.29, 1.82) is 0 Å². The molecule has 28 heavy (non-hydrogen) atoms. The molecule has 0 bridgehead atoms. The molecule has 0 radical (unpaired) electrons. The molecule has 0 atom stereocenters. The van der Waals surface area contributed by atoms with Crippen LogP contribution in [0.15, 0.2) is 30.6 Å². The number of piperidine rings is 1. The number of H-pyrrole nitrogens is 1. The molecule has 1 saturated heterocycles. The molecule has 2 N–H and O–H groups in total. The lowest BCUT2D eigenvalue weighted by Crippen LogP contribution is -2.45. The molecule has 7 heteroatoms. The molecule has 7 nitrogen and oxygen atoms in total. The van der Waals surface area contributed by atoms with E-state index in [9.17, 15) is 9.59 Å². The largest absolute Gasteiger partial charge is 0.353 e. The summed E-state index contributed by atoms with van der Waals surface area (Å²) in [5, 5.41) is 10.3. The van der Waals surface area contributed by atoms with Gasteiger partial charge < -0.3 is 10.2 Å². The van der Waals surface area contributed by atoms with Crippen molar-refractivity contribution in [3.8, 4) is 11.3 Å². The number of hydrogen-bond donors (Lipinski definition) is 2. The van der Waals surface area contributed by atoms with E-state index in [1.165, 1.54) is 19.3 Å². The Morgan fingerprint density at radius 3 is 2.46 bits per heavy atom. The number of carbonyl (C=O) groups is 2. The van der Waals surface area contributed by atoms with Crippen LogP contribution in [0.1, 0.15) is 55.4 Å². The molecular formula is C21H27N5O2. The van der Waals surface area contributed by atoms with Gasteiger partial charge in [-0.2, -0.15) is 5.10 Å². The average molecular weight is 381 g/mol. The van der Waals surface area contributed by atoms with Gasteiger partial charge in [0.2, 0.25) is 5.91 Å². The van der Waals surface area contributed by atoms with E-state index < -0.39 is 0 Å². The second-order valence-corrected chi connectivity index (χ2v) is 7.81. The molecule has 1 saturated carbocycles. The van der Waals surface area contributed by atoms with Crippen LogP contribution >= 0.6 is 0 Å². The highest BCUT2D eigenvalue weighted by atomic mass is 16.2. The number of nitrogens with one attached hydrogen (secondary N) is 2. The molecular weight excluding hydrogens is 354 g/mol. The third kappa shape index (κ3) is 4.24. The van der Waals surface area contributed by atoms with Crippen molar-refractivity contribution in [2.75, 3.05) is 13.1 Å². The summed E-state index contributed by atoms with van der Waals surface area (Å²) >= 11 is 0. The number of hydrogen-bond acceptors (Lipinski definition) is 4. The molecule has 0 spiro atoms. The van der Waals surface area contributed by atoms with Crippen molar-refractivity contribution in [1.82, 2.24) is 25.4 Å². The predicted octanol–water partition coefficient (Wildman–Crippen LogP) is 2.77. The van der Waals surface area contributed by atoms with E-state index in [0.29, 0.717) is 24.8 Å². The summed E-state index contributed by atoms with van der Waals surface area (Å²) in [6, 6.07) is 5.85. The lowest BCUT2D eigenvalue weighted by atomic mass is 9.92. The molecule has 2 amide bonds. The van der Waals surface area contributed by atoms with Crippen molar-refractivity contribution in [2.45, 2.75) is 51.0 Å². The fourth-order valence-corrected chi connectivity index (χ4v) is 4.18. The Morgan fingerprint density at radius 2 is 1.75 bits per heavy atom. The molecule has 4 rings (SSSR count). The Morgan fingerprint density at radius 1 is 1.04 bits per heavy atom. The van der Waals surface area contributed by atoms with Crippen LogP contribution in [0, 0.1) is 5.92 Å². The van der Waals surface area contributed by atoms with E-state index in [-0.39, 0.29) is 17.7 Å². The zero-order chi connectivity index (χ0) is 19.3. The molecule has 148 valence electrons. The van der Waals surface area contributed by atoms with Gasteiger partial charge in [0.25, 0.3) is 5.91 Å². The number of likely N-dealkylation sites (tertiary alicyclic amines) is 1. The summed E-state index contributed by atoms with van der Waals surface area (Å²) in [7, 11) is 0. The van der Waals surface area contributed by atoms with Gasteiger partial charge in [-0.15, -0.1) is 0 Å². The summed E-state index contributed by atoms with van der Waals surface area (Å²) in [4.78, 5) is 31.1. The first-order chi connectivity index (χ1) is 13.7. The van der Waals surface area contributed by atoms with Gasteiger partial charge in [-0.1, -0.05) is 19.3 Å². The van der Waals surface area contributed by atoms with Gasteiger partial charge in [0.05, 0.1) is 5.69 Å². The Hall–Kier alpha value is -2.70. The number of aromatic nitrogens is 3. The second-order valence-electron chi connectivity index (χ2n) is 7.81. The molecule has 3 heterocycles. The van der Waals surface area contributed by atoms with E-state index >= 15 is 0 Å². The fourth-order valence-electron chi connectivity index (χ4n) is 4.18. The van der Waals surface area contributed by atoms with Crippen LogP contribution in [-0.2, 0) is 4.79 Å². The van der Waals surface area contributed by atoms with Crippen LogP contribution in [0.5, 0.6) is 0 Å². The highest BCUT2D eigenvalue weighted by Crippen LogP contribution is 2.23. The van der Waals surface area contributed by atoms with Crippen LogP contribution in [-0.4, -0.2) is 51.0 Å². The average Bonchev–Trinajstić information content (AvgIpc) is 3.25. The summed E-state index contributed by atoms with van der Waals surface area (Å²) in [5.74, 6) is 0.125. The molecule has 2 aromatic rings. The Balaban J connectivity index is 1.30. The molecule has 0 aromatic carbocycles. The van der Waals surface area contributed by atoms with Crippen molar-refractivity contribution < 1.29 is 9.59 Å². The summed E-state index contributed by atoms with van der Waals surface area (Å²) in [5.41, 5.74) is 2.13. The molecule has 2 fully saturated rings. The van der Waals surface area contributed by atoms with Crippen LogP contribution in [0.25, 0.3) is 11.3 Å². The van der Waals surface area contributed by atoms with Crippen LogP contribution < -0.4 is 5.32 Å². The maximum atomic E-state index is 12.8. The third-order valence-corrected chi connectivity index (χ3v) is 5.89. The van der Waals surface area contributed by atoms with Gasteiger partial charge in [0.1, 0.15) is 5.69 Å². The number of amides is 2. The van der Waals surface area contributed by atoms with Gasteiger partial charge in [-0.3, -0.25) is 19.7 Å². The van der Waals surface area contributed by atoms with Crippen LogP contribution in [0.2, 0.25) is 0 Å². The normalized spacial score (nSPS) is 18.8. The minimum Gasteiger partial charge on any atom is -0.353 e. The number of aromatic amines is 1. The number of rotatable bonds is 4. The van der Waals surface area contributed by atoms with Crippen molar-refractivity contribution in [3.05, 3.63) is 36.3 Å². The van der Waals surface area contributed by atoms with Crippen LogP contribution in [0.4, 0.5) is 0 Å². The smallest absolute Gasteiger partial charge is 0.271 e. The topological polar surface area (TPSA) is 91.0 Å². The molecule has 2 aliphatic rings. The number of carbonyl (C=O) groups excluding carboxylic acids is 2. The van der Waals surface area contributed by atoms with Crippen molar-refractivity contribution >= 4 is 11.8 Å². The van der Waals surface area contributed by atoms with Crippen molar-refractivity contribution in [3.63, 3.8) is 0 Å². The van der Waals surface area contributed by atoms with Gasteiger partial charge in [0, 0.05) is 43.0 Å². The first kappa shape index (κ1) is 18.7. The van der Waals surface area contributed by atoms with E-state index in [2.05, 4.69) is 20.5 Å². The zero-order valence-corrected chi connectivity index (χ0v) is 16.1. The van der Waals surface area contributed by atoms with Crippen molar-refractivity contribution in [2.24, 2.45) is 5.92 Å². The molecule has 2 aromatic heterocycles. The Bertz CT molecular complexity index is 805. The maximum Gasteiger partial charge on any atom is 0.271 e. The lowest BCUT2D eigenvalue weighted by Gasteiger charge is -2.32. The zero-order valence-electron chi connectivity index (χ0n) is 16.1. The molecule has 0 unspecified atom stereocenters. The quantitative estimate of drug-likeness (QED) is 0.852. The monoisotopic (exact) mass is 381 g/mol. The highest BCUT2D eigenvalue weighted by molar-refractivity contribution is 5.93. The van der Waals surface area contributed by atoms with Crippen LogP contribution in [0.3, 0.4) is 0 Å². The molecule has 1 aliphatic carbocycles. The maximum absolute atomic E-state index is 12.8. The summed E-state index contributed by atoms with van der Waals surface area (Å²) in [6.45, 7) is 1.20. The van der Waals surface area contributed by atoms with Gasteiger partial charge in [0.15, 0.2) is 0 Å². The predicted molar refractivity (Wildman–Crippen MR) is 105 cm³/mol. The SMILES string of the molecule is O=C(NC1CCCCC1)C1CCN(C(=O)c2cc(-c3ccncc3)n[nH]2)CC1. The minimum atomic E-state index is -0.0565. The van der Waals surface area contributed by atoms with E-state index in [1.807, 2.05) is 17.0 Å². The van der Waals surface area contributed by atoms with Gasteiger partial charge in [-0.25, -0.2) is 0 Å². The molecule has 1 aliphatic heterocycles. The van der Waals surface area contributed by atoms with E-state index in [4.69, 9.17) is 0 Å². The summed E-state index contributed by atoms with van der Waals surface area (Å²) in [6.07, 6.45) is 10.7. The first-order valence-corrected chi connectivity index (χ1v) is 10.3. The first-order valence-electron chi connectivity index (χ1n) is 10.3. The minimum absolute atomic E-state index is 0.0140. The second kappa shape index (κ2) is 8.54.